The summed E-state index contributed by atoms with van der Waals surface area (Å²) in [5.74, 6) is 2.01. The lowest BCUT2D eigenvalue weighted by molar-refractivity contribution is -0.0597. The topological polar surface area (TPSA) is 52.4 Å². The van der Waals surface area contributed by atoms with Crippen LogP contribution in [0.4, 0.5) is 5.95 Å². The Kier molecular flexibility index (Phi) is 5.03. The minimum absolute atomic E-state index is 0.312. The molecule has 3 fully saturated rings. The largest absolute Gasteiger partial charge is 0.376 e. The van der Waals surface area contributed by atoms with Gasteiger partial charge in [0.2, 0.25) is 5.95 Å². The number of hydrogen-bond acceptors (Lipinski definition) is 5. The molecule has 1 unspecified atom stereocenters. The average Bonchev–Trinajstić information content (AvgIpc) is 2.94. The zero-order valence-corrected chi connectivity index (χ0v) is 14.8. The highest BCUT2D eigenvalue weighted by molar-refractivity contribution is 5.32. The van der Waals surface area contributed by atoms with Crippen LogP contribution in [-0.2, 0) is 16.0 Å². The monoisotopic (exact) mass is 334 g/mol. The molecule has 0 radical (unpaired) electrons. The Morgan fingerprint density at radius 3 is 2.46 bits per heavy atom. The van der Waals surface area contributed by atoms with Gasteiger partial charge in [0, 0.05) is 19.7 Å². The number of rotatable bonds is 5. The van der Waals surface area contributed by atoms with Gasteiger partial charge in [0.15, 0.2) is 0 Å². The van der Waals surface area contributed by atoms with Crippen LogP contribution < -0.4 is 4.90 Å². The van der Waals surface area contributed by atoms with E-state index in [1.165, 1.54) is 32.1 Å². The highest BCUT2D eigenvalue weighted by atomic mass is 16.5. The van der Waals surface area contributed by atoms with E-state index in [1.807, 2.05) is 6.92 Å². The van der Waals surface area contributed by atoms with E-state index in [4.69, 9.17) is 9.47 Å². The molecule has 24 heavy (non-hydrogen) atoms. The number of aromatic nitrogens is 3. The Balaban J connectivity index is 1.35. The average molecular weight is 334 g/mol. The second kappa shape index (κ2) is 7.40. The minimum Gasteiger partial charge on any atom is -0.376 e. The van der Waals surface area contributed by atoms with E-state index in [0.717, 1.165) is 57.3 Å². The molecule has 0 aromatic carbocycles. The number of nitrogens with zero attached hydrogens (tertiary/aromatic N) is 4. The van der Waals surface area contributed by atoms with E-state index < -0.39 is 0 Å². The third-order valence-electron chi connectivity index (χ3n) is 5.74. The lowest BCUT2D eigenvalue weighted by Gasteiger charge is -2.37. The van der Waals surface area contributed by atoms with Gasteiger partial charge < -0.3 is 14.4 Å². The zero-order chi connectivity index (χ0) is 16.4. The fourth-order valence-corrected chi connectivity index (χ4v) is 3.94. The zero-order valence-electron chi connectivity index (χ0n) is 14.8. The summed E-state index contributed by atoms with van der Waals surface area (Å²) in [4.78, 5) is 2.38. The second-order valence-electron chi connectivity index (χ2n) is 7.52. The quantitative estimate of drug-likeness (QED) is 0.829. The van der Waals surface area contributed by atoms with Gasteiger partial charge in [-0.2, -0.15) is 0 Å². The molecule has 2 aliphatic heterocycles. The van der Waals surface area contributed by atoms with Gasteiger partial charge in [0.25, 0.3) is 0 Å². The number of ether oxygens (including phenoxy) is 2. The molecule has 1 atom stereocenters. The van der Waals surface area contributed by atoms with Gasteiger partial charge in [-0.1, -0.05) is 0 Å². The van der Waals surface area contributed by atoms with Crippen molar-refractivity contribution in [2.45, 2.75) is 83.1 Å². The van der Waals surface area contributed by atoms with Crippen LogP contribution in [0.3, 0.4) is 0 Å². The Hall–Kier alpha value is -1.14. The molecule has 4 rings (SSSR count). The highest BCUT2D eigenvalue weighted by Crippen LogP contribution is 2.28. The number of aryl methyl sites for hydroxylation is 1. The first-order chi connectivity index (χ1) is 11.8. The number of piperidine rings is 1. The smallest absolute Gasteiger partial charge is 0.227 e. The molecule has 3 aliphatic rings. The van der Waals surface area contributed by atoms with Gasteiger partial charge >= 0.3 is 0 Å². The Labute approximate surface area is 144 Å². The van der Waals surface area contributed by atoms with Gasteiger partial charge in [-0.15, -0.1) is 10.2 Å². The number of hydrogen-bond donors (Lipinski definition) is 0. The standard InChI is InChI=1S/C18H30N4O2/c1-14-19-20-18(22(14)13-17-5-2-3-12-23-17)21-10-8-16(9-11-21)24-15-6-4-7-15/h15-17H,2-13H2,1H3. The van der Waals surface area contributed by atoms with Crippen molar-refractivity contribution < 1.29 is 9.47 Å². The summed E-state index contributed by atoms with van der Waals surface area (Å²) < 4.78 is 14.3. The third kappa shape index (κ3) is 3.59. The molecule has 1 aliphatic carbocycles. The van der Waals surface area contributed by atoms with Crippen LogP contribution >= 0.6 is 0 Å². The molecule has 134 valence electrons. The predicted octanol–water partition coefficient (Wildman–Crippen LogP) is 2.69. The van der Waals surface area contributed by atoms with Crippen molar-refractivity contribution in [3.05, 3.63) is 5.82 Å². The van der Waals surface area contributed by atoms with Crippen molar-refractivity contribution >= 4 is 5.95 Å². The molecule has 3 heterocycles. The summed E-state index contributed by atoms with van der Waals surface area (Å²) >= 11 is 0. The first-order valence-electron chi connectivity index (χ1n) is 9.71. The van der Waals surface area contributed by atoms with E-state index in [2.05, 4.69) is 19.7 Å². The van der Waals surface area contributed by atoms with Gasteiger partial charge in [-0.05, 0) is 58.3 Å². The van der Waals surface area contributed by atoms with Crippen LogP contribution in [0, 0.1) is 6.92 Å². The fourth-order valence-electron chi connectivity index (χ4n) is 3.94. The summed E-state index contributed by atoms with van der Waals surface area (Å²) in [6.45, 7) is 5.85. The van der Waals surface area contributed by atoms with Crippen molar-refractivity contribution in [3.8, 4) is 0 Å². The molecule has 1 aromatic heterocycles. The normalized spacial score (nSPS) is 26.5. The second-order valence-corrected chi connectivity index (χ2v) is 7.52. The Morgan fingerprint density at radius 2 is 1.79 bits per heavy atom. The van der Waals surface area contributed by atoms with Gasteiger partial charge in [-0.3, -0.25) is 4.57 Å². The summed E-state index contributed by atoms with van der Waals surface area (Å²) in [6, 6.07) is 0. The molecular weight excluding hydrogens is 304 g/mol. The van der Waals surface area contributed by atoms with E-state index in [0.29, 0.717) is 18.3 Å². The van der Waals surface area contributed by atoms with Crippen molar-refractivity contribution in [1.82, 2.24) is 14.8 Å². The molecule has 1 saturated carbocycles. The van der Waals surface area contributed by atoms with Crippen molar-refractivity contribution in [3.63, 3.8) is 0 Å². The summed E-state index contributed by atoms with van der Waals surface area (Å²) in [5.41, 5.74) is 0. The number of anilines is 1. The molecule has 0 bridgehead atoms. The molecule has 0 N–H and O–H groups in total. The fraction of sp³-hybridized carbons (Fsp3) is 0.889. The van der Waals surface area contributed by atoms with Gasteiger partial charge in [0.1, 0.15) is 5.82 Å². The first kappa shape index (κ1) is 16.3. The molecule has 2 saturated heterocycles. The van der Waals surface area contributed by atoms with E-state index in [-0.39, 0.29) is 0 Å². The van der Waals surface area contributed by atoms with Crippen molar-refractivity contribution in [2.24, 2.45) is 0 Å². The van der Waals surface area contributed by atoms with Gasteiger partial charge in [0.05, 0.1) is 24.9 Å². The maximum absolute atomic E-state index is 6.18. The van der Waals surface area contributed by atoms with Crippen molar-refractivity contribution in [1.29, 1.82) is 0 Å². The minimum atomic E-state index is 0.312. The Morgan fingerprint density at radius 1 is 1.00 bits per heavy atom. The van der Waals surface area contributed by atoms with Crippen LogP contribution in [0.2, 0.25) is 0 Å². The van der Waals surface area contributed by atoms with Crippen LogP contribution in [0.5, 0.6) is 0 Å². The van der Waals surface area contributed by atoms with Gasteiger partial charge in [-0.25, -0.2) is 0 Å². The van der Waals surface area contributed by atoms with E-state index in [1.54, 1.807) is 0 Å². The summed E-state index contributed by atoms with van der Waals surface area (Å²) in [5, 5.41) is 8.79. The van der Waals surface area contributed by atoms with Crippen LogP contribution in [0.1, 0.15) is 57.2 Å². The Bertz CT molecular complexity index is 529. The van der Waals surface area contributed by atoms with E-state index >= 15 is 0 Å². The maximum Gasteiger partial charge on any atom is 0.227 e. The van der Waals surface area contributed by atoms with Crippen LogP contribution in [0.25, 0.3) is 0 Å². The molecule has 1 aromatic rings. The molecule has 6 nitrogen and oxygen atoms in total. The maximum atomic E-state index is 6.18. The van der Waals surface area contributed by atoms with E-state index in [9.17, 15) is 0 Å². The molecular formula is C18H30N4O2. The lowest BCUT2D eigenvalue weighted by atomic mass is 9.95. The highest BCUT2D eigenvalue weighted by Gasteiger charge is 2.28. The molecule has 6 heteroatoms. The third-order valence-corrected chi connectivity index (χ3v) is 5.74. The van der Waals surface area contributed by atoms with Crippen LogP contribution in [-0.4, -0.2) is 52.8 Å². The lowest BCUT2D eigenvalue weighted by Crippen LogP contribution is -2.41. The van der Waals surface area contributed by atoms with Crippen molar-refractivity contribution in [2.75, 3.05) is 24.6 Å². The summed E-state index contributed by atoms with van der Waals surface area (Å²) in [6.07, 6.45) is 11.0. The first-order valence-corrected chi connectivity index (χ1v) is 9.71. The predicted molar refractivity (Wildman–Crippen MR) is 92.3 cm³/mol. The SMILES string of the molecule is Cc1nnc(N2CCC(OC3CCC3)CC2)n1CC1CCCCO1. The summed E-state index contributed by atoms with van der Waals surface area (Å²) in [7, 11) is 0. The molecule has 0 spiro atoms. The molecule has 0 amide bonds. The van der Waals surface area contributed by atoms with Crippen LogP contribution in [0.15, 0.2) is 0 Å².